The molecule has 0 fully saturated rings. The zero-order valence-electron chi connectivity index (χ0n) is 11.4. The minimum atomic E-state index is -0.0765. The predicted molar refractivity (Wildman–Crippen MR) is 89.3 cm³/mol. The number of hydrogen-bond acceptors (Lipinski definition) is 4. The minimum absolute atomic E-state index is 0.0765. The van der Waals surface area contributed by atoms with E-state index in [-0.39, 0.29) is 5.78 Å². The van der Waals surface area contributed by atoms with Crippen LogP contribution in [-0.4, -0.2) is 12.9 Å². The van der Waals surface area contributed by atoms with Crippen molar-refractivity contribution in [2.45, 2.75) is 6.92 Å². The number of ketones is 1. The maximum absolute atomic E-state index is 11.4. The van der Waals surface area contributed by atoms with Gasteiger partial charge in [-0.25, -0.2) is 0 Å². The number of methoxy groups -OCH3 is 1. The number of nitrogen functional groups attached to an aromatic ring is 1. The lowest BCUT2D eigenvalue weighted by Gasteiger charge is -2.12. The summed E-state index contributed by atoms with van der Waals surface area (Å²) in [5.74, 6) is 1.78. The van der Waals surface area contributed by atoms with Gasteiger partial charge in [-0.05, 0) is 63.0 Å². The third-order valence-electron chi connectivity index (χ3n) is 2.84. The highest BCUT2D eigenvalue weighted by Crippen LogP contribution is 2.38. The molecule has 0 spiro atoms. The van der Waals surface area contributed by atoms with E-state index in [1.165, 1.54) is 6.92 Å². The molecule has 0 aliphatic carbocycles. The predicted octanol–water partition coefficient (Wildman–Crippen LogP) is 4.80. The van der Waals surface area contributed by atoms with E-state index in [0.29, 0.717) is 28.5 Å². The SMILES string of the molecule is COc1cc(Br)c(Oc2ccc(C(C)=O)c(N)c2)cc1Br. The lowest BCUT2D eigenvalue weighted by atomic mass is 10.1. The third-order valence-corrected chi connectivity index (χ3v) is 4.08. The van der Waals surface area contributed by atoms with Crippen LogP contribution >= 0.6 is 31.9 Å². The van der Waals surface area contributed by atoms with Crippen LogP contribution in [0.4, 0.5) is 5.69 Å². The second kappa shape index (κ2) is 6.49. The van der Waals surface area contributed by atoms with Crippen LogP contribution < -0.4 is 15.2 Å². The lowest BCUT2D eigenvalue weighted by Crippen LogP contribution is -1.99. The third kappa shape index (κ3) is 3.57. The van der Waals surface area contributed by atoms with E-state index in [4.69, 9.17) is 15.2 Å². The Balaban J connectivity index is 2.32. The van der Waals surface area contributed by atoms with Gasteiger partial charge < -0.3 is 15.2 Å². The molecule has 0 aliphatic heterocycles. The minimum Gasteiger partial charge on any atom is -0.496 e. The molecule has 6 heteroatoms. The van der Waals surface area contributed by atoms with Gasteiger partial charge in [0.1, 0.15) is 17.2 Å². The van der Waals surface area contributed by atoms with E-state index in [0.717, 1.165) is 8.95 Å². The Hall–Kier alpha value is -1.53. The van der Waals surface area contributed by atoms with Gasteiger partial charge in [-0.1, -0.05) is 0 Å². The molecule has 0 aliphatic rings. The van der Waals surface area contributed by atoms with Crippen LogP contribution in [-0.2, 0) is 0 Å². The van der Waals surface area contributed by atoms with E-state index in [9.17, 15) is 4.79 Å². The van der Waals surface area contributed by atoms with Crippen LogP contribution in [0.3, 0.4) is 0 Å². The van der Waals surface area contributed by atoms with Crippen molar-refractivity contribution in [3.63, 3.8) is 0 Å². The molecule has 21 heavy (non-hydrogen) atoms. The van der Waals surface area contributed by atoms with Crippen LogP contribution in [0.15, 0.2) is 39.3 Å². The summed E-state index contributed by atoms with van der Waals surface area (Å²) in [4.78, 5) is 11.4. The highest BCUT2D eigenvalue weighted by Gasteiger charge is 2.11. The zero-order chi connectivity index (χ0) is 15.6. The van der Waals surface area contributed by atoms with Gasteiger partial charge in [0, 0.05) is 17.3 Å². The molecule has 110 valence electrons. The standard InChI is InChI=1S/C15H13Br2NO3/c1-8(19)10-4-3-9(5-13(10)18)21-15-7-11(16)14(20-2)6-12(15)17/h3-7H,18H2,1-2H3. The summed E-state index contributed by atoms with van der Waals surface area (Å²) in [5.41, 5.74) is 6.72. The highest BCUT2D eigenvalue weighted by atomic mass is 79.9. The van der Waals surface area contributed by atoms with Crippen LogP contribution in [0.2, 0.25) is 0 Å². The summed E-state index contributed by atoms with van der Waals surface area (Å²) >= 11 is 6.83. The fourth-order valence-electron chi connectivity index (χ4n) is 1.80. The Morgan fingerprint density at radius 3 is 2.29 bits per heavy atom. The fraction of sp³-hybridized carbons (Fsp3) is 0.133. The molecule has 2 N–H and O–H groups in total. The molecule has 0 unspecified atom stereocenters. The van der Waals surface area contributed by atoms with Crippen molar-refractivity contribution in [1.82, 2.24) is 0 Å². The Kier molecular flexibility index (Phi) is 4.90. The molecule has 2 rings (SSSR count). The summed E-state index contributed by atoms with van der Waals surface area (Å²) in [6.07, 6.45) is 0. The molecule has 0 aromatic heterocycles. The van der Waals surface area contributed by atoms with Gasteiger partial charge in [0.05, 0.1) is 16.1 Å². The summed E-state index contributed by atoms with van der Waals surface area (Å²) in [5, 5.41) is 0. The van der Waals surface area contributed by atoms with Gasteiger partial charge in [-0.3, -0.25) is 4.79 Å². The van der Waals surface area contributed by atoms with Crippen LogP contribution in [0.25, 0.3) is 0 Å². The highest BCUT2D eigenvalue weighted by molar-refractivity contribution is 9.11. The Morgan fingerprint density at radius 2 is 1.71 bits per heavy atom. The molecule has 0 heterocycles. The normalized spacial score (nSPS) is 10.3. The number of Topliss-reactive ketones (excluding diaryl/α,β-unsaturated/α-hetero) is 1. The molecule has 2 aromatic carbocycles. The topological polar surface area (TPSA) is 61.5 Å². The van der Waals surface area contributed by atoms with Crippen molar-refractivity contribution in [2.75, 3.05) is 12.8 Å². The van der Waals surface area contributed by atoms with E-state index >= 15 is 0 Å². The number of nitrogens with two attached hydrogens (primary N) is 1. The molecule has 0 bridgehead atoms. The first-order valence-corrected chi connectivity index (χ1v) is 7.62. The van der Waals surface area contributed by atoms with E-state index in [1.807, 2.05) is 0 Å². The van der Waals surface area contributed by atoms with Crippen molar-refractivity contribution >= 4 is 43.3 Å². The second-order valence-electron chi connectivity index (χ2n) is 4.32. The molecule has 0 radical (unpaired) electrons. The Morgan fingerprint density at radius 1 is 1.10 bits per heavy atom. The van der Waals surface area contributed by atoms with Crippen molar-refractivity contribution in [3.05, 3.63) is 44.8 Å². The summed E-state index contributed by atoms with van der Waals surface area (Å²) in [6, 6.07) is 8.57. The van der Waals surface area contributed by atoms with Gasteiger partial charge in [0.2, 0.25) is 0 Å². The Labute approximate surface area is 139 Å². The summed E-state index contributed by atoms with van der Waals surface area (Å²) in [6.45, 7) is 1.48. The molecule has 4 nitrogen and oxygen atoms in total. The van der Waals surface area contributed by atoms with Crippen LogP contribution in [0, 0.1) is 0 Å². The average molecular weight is 415 g/mol. The second-order valence-corrected chi connectivity index (χ2v) is 6.03. The monoisotopic (exact) mass is 413 g/mol. The van der Waals surface area contributed by atoms with Crippen LogP contribution in [0.5, 0.6) is 17.2 Å². The van der Waals surface area contributed by atoms with Gasteiger partial charge in [-0.2, -0.15) is 0 Å². The number of carbonyl (C=O) groups excluding carboxylic acids is 1. The molecule has 0 amide bonds. The number of halogens is 2. The van der Waals surface area contributed by atoms with Crippen molar-refractivity contribution in [1.29, 1.82) is 0 Å². The van der Waals surface area contributed by atoms with Gasteiger partial charge in [-0.15, -0.1) is 0 Å². The van der Waals surface area contributed by atoms with Crippen molar-refractivity contribution in [3.8, 4) is 17.2 Å². The first-order chi connectivity index (χ1) is 9.92. The number of anilines is 1. The first kappa shape index (κ1) is 15.9. The number of ether oxygens (including phenoxy) is 2. The van der Waals surface area contributed by atoms with Crippen LogP contribution in [0.1, 0.15) is 17.3 Å². The number of hydrogen-bond donors (Lipinski definition) is 1. The molecular formula is C15H13Br2NO3. The number of carbonyl (C=O) groups is 1. The van der Waals surface area contributed by atoms with E-state index in [1.54, 1.807) is 37.4 Å². The van der Waals surface area contributed by atoms with Gasteiger partial charge in [0.15, 0.2) is 5.78 Å². The maximum atomic E-state index is 11.4. The van der Waals surface area contributed by atoms with Crippen molar-refractivity contribution < 1.29 is 14.3 Å². The van der Waals surface area contributed by atoms with Gasteiger partial charge in [0.25, 0.3) is 0 Å². The van der Waals surface area contributed by atoms with E-state index in [2.05, 4.69) is 31.9 Å². The fourth-order valence-corrected chi connectivity index (χ4v) is 2.68. The molecular weight excluding hydrogens is 402 g/mol. The zero-order valence-corrected chi connectivity index (χ0v) is 14.6. The molecule has 0 saturated heterocycles. The quantitative estimate of drug-likeness (QED) is 0.576. The smallest absolute Gasteiger partial charge is 0.161 e. The van der Waals surface area contributed by atoms with E-state index < -0.39 is 0 Å². The van der Waals surface area contributed by atoms with Crippen molar-refractivity contribution in [2.24, 2.45) is 0 Å². The Bertz CT molecular complexity index is 702. The molecule has 0 atom stereocenters. The lowest BCUT2D eigenvalue weighted by molar-refractivity contribution is 0.101. The number of rotatable bonds is 4. The molecule has 2 aromatic rings. The number of benzene rings is 2. The largest absolute Gasteiger partial charge is 0.496 e. The first-order valence-electron chi connectivity index (χ1n) is 6.03. The molecule has 0 saturated carbocycles. The van der Waals surface area contributed by atoms with Gasteiger partial charge >= 0.3 is 0 Å². The summed E-state index contributed by atoms with van der Waals surface area (Å²) in [7, 11) is 1.59. The average Bonchev–Trinajstić information content (AvgIpc) is 2.42. The maximum Gasteiger partial charge on any atom is 0.161 e. The summed E-state index contributed by atoms with van der Waals surface area (Å²) < 4.78 is 12.5.